The van der Waals surface area contributed by atoms with E-state index in [1.165, 1.54) is 10.2 Å². The molecule has 112 valence electrons. The highest BCUT2D eigenvalue weighted by Crippen LogP contribution is 2.20. The monoisotopic (exact) mass is 351 g/mol. The lowest BCUT2D eigenvalue weighted by Crippen LogP contribution is -2.28. The van der Waals surface area contributed by atoms with Crippen LogP contribution in [0.25, 0.3) is 0 Å². The quantitative estimate of drug-likeness (QED) is 0.829. The highest BCUT2D eigenvalue weighted by atomic mass is 79.9. The topological polar surface area (TPSA) is 47.4 Å². The average Bonchev–Trinajstić information content (AvgIpc) is 2.45. The van der Waals surface area contributed by atoms with Gasteiger partial charge in [0.05, 0.1) is 18.4 Å². The van der Waals surface area contributed by atoms with Crippen molar-refractivity contribution in [2.24, 2.45) is 7.05 Å². The van der Waals surface area contributed by atoms with Crippen molar-refractivity contribution in [3.8, 4) is 5.75 Å². The van der Waals surface area contributed by atoms with Crippen LogP contribution in [-0.2, 0) is 7.05 Å². The maximum Gasteiger partial charge on any atom is 0.282 e. The summed E-state index contributed by atoms with van der Waals surface area (Å²) in [4.78, 5) is 13.8. The molecule has 5 nitrogen and oxygen atoms in total. The van der Waals surface area contributed by atoms with Crippen molar-refractivity contribution >= 4 is 21.6 Å². The lowest BCUT2D eigenvalue weighted by Gasteiger charge is -2.20. The number of halogens is 1. The maximum atomic E-state index is 11.8. The summed E-state index contributed by atoms with van der Waals surface area (Å²) in [6, 6.07) is 7.93. The first-order valence-electron chi connectivity index (χ1n) is 6.61. The molecule has 0 aliphatic rings. The minimum absolute atomic E-state index is 0.154. The zero-order valence-electron chi connectivity index (χ0n) is 12.3. The number of rotatable bonds is 5. The maximum absolute atomic E-state index is 11.8. The summed E-state index contributed by atoms with van der Waals surface area (Å²) >= 11 is 3.32. The van der Waals surface area contributed by atoms with Crippen LogP contribution in [0.2, 0.25) is 0 Å². The number of aryl methyl sites for hydroxylation is 2. The number of ether oxygens (including phenoxy) is 1. The van der Waals surface area contributed by atoms with Gasteiger partial charge in [-0.3, -0.25) is 4.79 Å². The van der Waals surface area contributed by atoms with Crippen LogP contribution in [0.5, 0.6) is 5.75 Å². The fourth-order valence-corrected chi connectivity index (χ4v) is 2.56. The zero-order chi connectivity index (χ0) is 15.4. The van der Waals surface area contributed by atoms with E-state index >= 15 is 0 Å². The van der Waals surface area contributed by atoms with E-state index in [2.05, 4.69) is 21.0 Å². The van der Waals surface area contributed by atoms with E-state index in [1.54, 1.807) is 13.2 Å². The van der Waals surface area contributed by atoms with Crippen molar-refractivity contribution in [1.82, 2.24) is 9.78 Å². The molecule has 0 saturated heterocycles. The van der Waals surface area contributed by atoms with Gasteiger partial charge in [0.1, 0.15) is 16.8 Å². The van der Waals surface area contributed by atoms with Crippen LogP contribution in [-0.4, -0.2) is 30.0 Å². The first-order valence-corrected chi connectivity index (χ1v) is 7.41. The fourth-order valence-electron chi connectivity index (χ4n) is 1.89. The van der Waals surface area contributed by atoms with E-state index < -0.39 is 0 Å². The van der Waals surface area contributed by atoms with Gasteiger partial charge in [-0.2, -0.15) is 5.10 Å². The third kappa shape index (κ3) is 3.85. The van der Waals surface area contributed by atoms with Crippen LogP contribution >= 0.6 is 15.9 Å². The van der Waals surface area contributed by atoms with E-state index in [0.717, 1.165) is 11.4 Å². The first kappa shape index (κ1) is 15.6. The summed E-state index contributed by atoms with van der Waals surface area (Å²) in [5, 5.41) is 4.03. The van der Waals surface area contributed by atoms with Crippen molar-refractivity contribution in [1.29, 1.82) is 0 Å². The standard InChI is InChI=1S/C15H18BrN3O2/c1-11-5-4-6-12(9-11)21-8-7-18(2)13-10-17-19(3)15(20)14(13)16/h4-6,9-10H,7-8H2,1-3H3. The average molecular weight is 352 g/mol. The zero-order valence-corrected chi connectivity index (χ0v) is 13.9. The van der Waals surface area contributed by atoms with Gasteiger partial charge in [0, 0.05) is 14.1 Å². The molecule has 0 unspecified atom stereocenters. The number of nitrogens with zero attached hydrogens (tertiary/aromatic N) is 3. The molecular weight excluding hydrogens is 334 g/mol. The predicted octanol–water partition coefficient (Wildman–Crippen LogP) is 2.37. The third-order valence-electron chi connectivity index (χ3n) is 3.16. The molecule has 0 spiro atoms. The lowest BCUT2D eigenvalue weighted by atomic mass is 10.2. The highest BCUT2D eigenvalue weighted by molar-refractivity contribution is 9.10. The number of likely N-dealkylation sites (N-methyl/N-ethyl adjacent to an activating group) is 1. The Labute approximate surface area is 132 Å². The van der Waals surface area contributed by atoms with Crippen LogP contribution in [0.15, 0.2) is 39.7 Å². The van der Waals surface area contributed by atoms with Crippen LogP contribution in [0.3, 0.4) is 0 Å². The number of anilines is 1. The fraction of sp³-hybridized carbons (Fsp3) is 0.333. The van der Waals surface area contributed by atoms with Gasteiger partial charge >= 0.3 is 0 Å². The van der Waals surface area contributed by atoms with Crippen molar-refractivity contribution in [2.75, 3.05) is 25.1 Å². The van der Waals surface area contributed by atoms with Crippen LogP contribution in [0.4, 0.5) is 5.69 Å². The SMILES string of the molecule is Cc1cccc(OCCN(C)c2cnn(C)c(=O)c2Br)c1. The molecule has 1 aromatic heterocycles. The van der Waals surface area contributed by atoms with Crippen LogP contribution in [0.1, 0.15) is 5.56 Å². The first-order chi connectivity index (χ1) is 9.99. The lowest BCUT2D eigenvalue weighted by molar-refractivity contribution is 0.325. The van der Waals surface area contributed by atoms with Crippen LogP contribution < -0.4 is 15.2 Å². The molecule has 2 rings (SSSR count). The molecule has 0 saturated carbocycles. The minimum Gasteiger partial charge on any atom is -0.492 e. The van der Waals surface area contributed by atoms with Gasteiger partial charge < -0.3 is 9.64 Å². The Kier molecular flexibility index (Phi) is 5.01. The summed E-state index contributed by atoms with van der Waals surface area (Å²) in [5.41, 5.74) is 1.77. The normalized spacial score (nSPS) is 10.5. The summed E-state index contributed by atoms with van der Waals surface area (Å²) < 4.78 is 7.52. The second-order valence-electron chi connectivity index (χ2n) is 4.86. The molecule has 1 heterocycles. The molecule has 6 heteroatoms. The van der Waals surface area contributed by atoms with E-state index in [4.69, 9.17) is 4.74 Å². The number of hydrogen-bond donors (Lipinski definition) is 0. The Hall–Kier alpha value is -1.82. The Morgan fingerprint density at radius 3 is 2.90 bits per heavy atom. The Morgan fingerprint density at radius 1 is 1.43 bits per heavy atom. The molecule has 0 N–H and O–H groups in total. The Morgan fingerprint density at radius 2 is 2.19 bits per heavy atom. The van der Waals surface area contributed by atoms with Gasteiger partial charge in [0.15, 0.2) is 0 Å². The summed E-state index contributed by atoms with van der Waals surface area (Å²) in [6.07, 6.45) is 1.66. The van der Waals surface area contributed by atoms with Crippen molar-refractivity contribution < 1.29 is 4.74 Å². The summed E-state index contributed by atoms with van der Waals surface area (Å²) in [5.74, 6) is 0.851. The molecule has 0 bridgehead atoms. The van der Waals surface area contributed by atoms with Crippen molar-refractivity contribution in [3.63, 3.8) is 0 Å². The Bertz CT molecular complexity index is 685. The van der Waals surface area contributed by atoms with Gasteiger partial charge in [-0.25, -0.2) is 4.68 Å². The van der Waals surface area contributed by atoms with Crippen molar-refractivity contribution in [3.05, 3.63) is 50.9 Å². The molecule has 0 radical (unpaired) electrons. The second kappa shape index (κ2) is 6.76. The van der Waals surface area contributed by atoms with Gasteiger partial charge in [0.25, 0.3) is 5.56 Å². The van der Waals surface area contributed by atoms with Crippen molar-refractivity contribution in [2.45, 2.75) is 6.92 Å². The van der Waals surface area contributed by atoms with Gasteiger partial charge in [-0.15, -0.1) is 0 Å². The third-order valence-corrected chi connectivity index (χ3v) is 3.90. The predicted molar refractivity (Wildman–Crippen MR) is 87.1 cm³/mol. The van der Waals surface area contributed by atoms with E-state index in [1.807, 2.05) is 43.1 Å². The molecule has 0 aliphatic carbocycles. The molecule has 0 amide bonds. The van der Waals surface area contributed by atoms with Gasteiger partial charge in [-0.05, 0) is 40.5 Å². The van der Waals surface area contributed by atoms with Gasteiger partial charge in [0.2, 0.25) is 0 Å². The molecule has 1 aromatic carbocycles. The molecule has 0 aliphatic heterocycles. The Balaban J connectivity index is 1.98. The summed E-state index contributed by atoms with van der Waals surface area (Å²) in [7, 11) is 3.53. The second-order valence-corrected chi connectivity index (χ2v) is 5.65. The highest BCUT2D eigenvalue weighted by Gasteiger charge is 2.11. The summed E-state index contributed by atoms with van der Waals surface area (Å²) in [6.45, 7) is 3.21. The number of hydrogen-bond acceptors (Lipinski definition) is 4. The molecule has 0 atom stereocenters. The minimum atomic E-state index is -0.154. The van der Waals surface area contributed by atoms with Gasteiger partial charge in [-0.1, -0.05) is 12.1 Å². The van der Waals surface area contributed by atoms with Crippen LogP contribution in [0, 0.1) is 6.92 Å². The van der Waals surface area contributed by atoms with E-state index in [9.17, 15) is 4.79 Å². The molecule has 21 heavy (non-hydrogen) atoms. The molecule has 2 aromatic rings. The van der Waals surface area contributed by atoms with E-state index in [0.29, 0.717) is 17.6 Å². The van der Waals surface area contributed by atoms with E-state index in [-0.39, 0.29) is 5.56 Å². The number of benzene rings is 1. The largest absolute Gasteiger partial charge is 0.492 e. The molecular formula is C15H18BrN3O2. The number of aromatic nitrogens is 2. The smallest absolute Gasteiger partial charge is 0.282 e. The molecule has 0 fully saturated rings.